The zero-order valence-electron chi connectivity index (χ0n) is 8.71. The highest BCUT2D eigenvalue weighted by atomic mass is 19.1. The van der Waals surface area contributed by atoms with Gasteiger partial charge in [0.05, 0.1) is 12.3 Å². The van der Waals surface area contributed by atoms with E-state index in [4.69, 9.17) is 5.84 Å². The minimum absolute atomic E-state index is 0.168. The van der Waals surface area contributed by atoms with E-state index in [1.165, 1.54) is 12.1 Å². The molecule has 0 aliphatic carbocycles. The number of nitrogens with two attached hydrogens (primary N) is 1. The number of anilines is 1. The van der Waals surface area contributed by atoms with Crippen LogP contribution in [0.5, 0.6) is 0 Å². The van der Waals surface area contributed by atoms with Gasteiger partial charge in [0.1, 0.15) is 5.82 Å². The number of carbonyl (C=O) groups is 1. The van der Waals surface area contributed by atoms with Crippen molar-refractivity contribution in [2.45, 2.75) is 6.92 Å². The lowest BCUT2D eigenvalue weighted by Crippen LogP contribution is -2.08. The molecule has 0 heterocycles. The average Bonchev–Trinajstić information content (AvgIpc) is 2.27. The van der Waals surface area contributed by atoms with E-state index in [1.54, 1.807) is 13.0 Å². The molecule has 5 heteroatoms. The molecule has 0 aromatic heterocycles. The van der Waals surface area contributed by atoms with E-state index in [-0.39, 0.29) is 12.3 Å². The molecule has 1 aromatic rings. The van der Waals surface area contributed by atoms with Crippen molar-refractivity contribution in [3.63, 3.8) is 0 Å². The molecule has 1 aromatic carbocycles. The molecular weight excluding hydrogens is 211 g/mol. The Labute approximate surface area is 92.6 Å². The van der Waals surface area contributed by atoms with Gasteiger partial charge in [-0.2, -0.15) is 0 Å². The standard InChI is InChI=1S/C11H11FN2O2/c1-2-16-11(15)6-4-8-3-5-10(14-13)9(12)7-8/h3,5,7,14H,2,13H2,1H3. The van der Waals surface area contributed by atoms with Crippen LogP contribution in [-0.2, 0) is 9.53 Å². The molecule has 3 N–H and O–H groups in total. The number of hydrogen-bond donors (Lipinski definition) is 2. The first-order valence-corrected chi connectivity index (χ1v) is 4.62. The smallest absolute Gasteiger partial charge is 0.384 e. The second-order valence-corrected chi connectivity index (χ2v) is 2.81. The van der Waals surface area contributed by atoms with Crippen LogP contribution < -0.4 is 11.3 Å². The van der Waals surface area contributed by atoms with Gasteiger partial charge in [0, 0.05) is 11.5 Å². The summed E-state index contributed by atoms with van der Waals surface area (Å²) in [6, 6.07) is 4.16. The molecule has 0 spiro atoms. The maximum Gasteiger partial charge on any atom is 0.384 e. The van der Waals surface area contributed by atoms with Crippen LogP contribution in [0.25, 0.3) is 0 Å². The summed E-state index contributed by atoms with van der Waals surface area (Å²) in [5.41, 5.74) is 2.74. The fourth-order valence-electron chi connectivity index (χ4n) is 1.00. The molecule has 0 fully saturated rings. The van der Waals surface area contributed by atoms with E-state index in [2.05, 4.69) is 22.0 Å². The Morgan fingerprint density at radius 1 is 1.62 bits per heavy atom. The first kappa shape index (κ1) is 12.0. The van der Waals surface area contributed by atoms with E-state index in [9.17, 15) is 9.18 Å². The molecule has 0 radical (unpaired) electrons. The number of carbonyl (C=O) groups excluding carboxylic acids is 1. The predicted octanol–water partition coefficient (Wildman–Crippen LogP) is 1.03. The number of halogens is 1. The lowest BCUT2D eigenvalue weighted by molar-refractivity contribution is -0.136. The van der Waals surface area contributed by atoms with E-state index in [0.717, 1.165) is 0 Å². The molecule has 0 aliphatic heterocycles. The molecule has 0 amide bonds. The van der Waals surface area contributed by atoms with E-state index in [0.29, 0.717) is 5.56 Å². The van der Waals surface area contributed by atoms with Crippen molar-refractivity contribution in [2.75, 3.05) is 12.0 Å². The number of nitrogens with one attached hydrogen (secondary N) is 1. The Kier molecular flexibility index (Phi) is 4.30. The molecule has 0 atom stereocenters. The second-order valence-electron chi connectivity index (χ2n) is 2.81. The lowest BCUT2D eigenvalue weighted by atomic mass is 10.2. The number of hydrogen-bond acceptors (Lipinski definition) is 4. The van der Waals surface area contributed by atoms with Gasteiger partial charge in [-0.25, -0.2) is 9.18 Å². The van der Waals surface area contributed by atoms with E-state index < -0.39 is 11.8 Å². The van der Waals surface area contributed by atoms with Gasteiger partial charge in [-0.15, -0.1) is 0 Å². The van der Waals surface area contributed by atoms with Gasteiger partial charge in [-0.05, 0) is 25.1 Å². The van der Waals surface area contributed by atoms with Crippen molar-refractivity contribution >= 4 is 11.7 Å². The maximum atomic E-state index is 13.2. The van der Waals surface area contributed by atoms with Gasteiger partial charge in [-0.3, -0.25) is 5.84 Å². The summed E-state index contributed by atoms with van der Waals surface area (Å²) < 4.78 is 17.8. The van der Waals surface area contributed by atoms with Crippen LogP contribution in [0, 0.1) is 17.7 Å². The van der Waals surface area contributed by atoms with Crippen molar-refractivity contribution in [3.05, 3.63) is 29.6 Å². The second kappa shape index (κ2) is 5.73. The third-order valence-corrected chi connectivity index (χ3v) is 1.71. The largest absolute Gasteiger partial charge is 0.456 e. The minimum atomic E-state index is -0.635. The van der Waals surface area contributed by atoms with Crippen LogP contribution in [0.4, 0.5) is 10.1 Å². The molecule has 4 nitrogen and oxygen atoms in total. The summed E-state index contributed by atoms with van der Waals surface area (Å²) in [5, 5.41) is 0. The monoisotopic (exact) mass is 222 g/mol. The normalized spacial score (nSPS) is 8.94. The topological polar surface area (TPSA) is 64.3 Å². The third-order valence-electron chi connectivity index (χ3n) is 1.71. The molecule has 0 bridgehead atoms. The number of rotatable bonds is 2. The number of esters is 1. The van der Waals surface area contributed by atoms with Crippen LogP contribution in [0.3, 0.4) is 0 Å². The van der Waals surface area contributed by atoms with E-state index >= 15 is 0 Å². The molecule has 0 aliphatic rings. The molecule has 0 saturated heterocycles. The summed E-state index contributed by atoms with van der Waals surface area (Å²) in [5.74, 6) is 8.62. The minimum Gasteiger partial charge on any atom is -0.456 e. The summed E-state index contributed by atoms with van der Waals surface area (Å²) >= 11 is 0. The van der Waals surface area contributed by atoms with Gasteiger partial charge < -0.3 is 10.2 Å². The van der Waals surface area contributed by atoms with Gasteiger partial charge in [-0.1, -0.05) is 5.92 Å². The van der Waals surface area contributed by atoms with Crippen LogP contribution in [0.15, 0.2) is 18.2 Å². The quantitative estimate of drug-likeness (QED) is 0.339. The third kappa shape index (κ3) is 3.26. The van der Waals surface area contributed by atoms with Crippen LogP contribution >= 0.6 is 0 Å². The zero-order valence-corrected chi connectivity index (χ0v) is 8.71. The molecular formula is C11H11FN2O2. The highest BCUT2D eigenvalue weighted by Crippen LogP contribution is 2.13. The Morgan fingerprint density at radius 2 is 2.38 bits per heavy atom. The molecule has 16 heavy (non-hydrogen) atoms. The summed E-state index contributed by atoms with van der Waals surface area (Å²) in [4.78, 5) is 10.9. The van der Waals surface area contributed by atoms with Crippen molar-refractivity contribution in [2.24, 2.45) is 5.84 Å². The first-order valence-electron chi connectivity index (χ1n) is 4.62. The maximum absolute atomic E-state index is 13.2. The van der Waals surface area contributed by atoms with Crippen LogP contribution in [-0.4, -0.2) is 12.6 Å². The Morgan fingerprint density at radius 3 is 2.94 bits per heavy atom. The van der Waals surface area contributed by atoms with Crippen LogP contribution in [0.2, 0.25) is 0 Å². The van der Waals surface area contributed by atoms with Gasteiger partial charge in [0.25, 0.3) is 0 Å². The van der Waals surface area contributed by atoms with Crippen molar-refractivity contribution < 1.29 is 13.9 Å². The van der Waals surface area contributed by atoms with Crippen molar-refractivity contribution in [1.29, 1.82) is 0 Å². The number of nitrogen functional groups attached to an aromatic ring is 1. The SMILES string of the molecule is CCOC(=O)C#Cc1ccc(NN)c(F)c1. The Hall–Kier alpha value is -2.06. The number of hydrazine groups is 1. The zero-order chi connectivity index (χ0) is 12.0. The van der Waals surface area contributed by atoms with Crippen molar-refractivity contribution in [1.82, 2.24) is 0 Å². The fourth-order valence-corrected chi connectivity index (χ4v) is 1.00. The molecule has 1 rings (SSSR count). The van der Waals surface area contributed by atoms with Gasteiger partial charge in [0.15, 0.2) is 0 Å². The Balaban J connectivity index is 2.82. The van der Waals surface area contributed by atoms with Gasteiger partial charge >= 0.3 is 5.97 Å². The summed E-state index contributed by atoms with van der Waals surface area (Å²) in [7, 11) is 0. The average molecular weight is 222 g/mol. The molecule has 84 valence electrons. The number of benzene rings is 1. The van der Waals surface area contributed by atoms with Gasteiger partial charge in [0.2, 0.25) is 0 Å². The lowest BCUT2D eigenvalue weighted by Gasteiger charge is -2.00. The first-order chi connectivity index (χ1) is 7.67. The Bertz CT molecular complexity index is 449. The van der Waals surface area contributed by atoms with E-state index in [1.807, 2.05) is 0 Å². The predicted molar refractivity (Wildman–Crippen MR) is 57.7 cm³/mol. The highest BCUT2D eigenvalue weighted by molar-refractivity contribution is 5.89. The molecule has 0 saturated carbocycles. The highest BCUT2D eigenvalue weighted by Gasteiger charge is 2.00. The number of ether oxygens (including phenoxy) is 1. The molecule has 0 unspecified atom stereocenters. The fraction of sp³-hybridized carbons (Fsp3) is 0.182. The summed E-state index contributed by atoms with van der Waals surface area (Å²) in [6.07, 6.45) is 0. The van der Waals surface area contributed by atoms with Crippen LogP contribution in [0.1, 0.15) is 12.5 Å². The summed E-state index contributed by atoms with van der Waals surface area (Å²) in [6.45, 7) is 1.94. The van der Waals surface area contributed by atoms with Crippen molar-refractivity contribution in [3.8, 4) is 11.8 Å².